The second-order valence-electron chi connectivity index (χ2n) is 12.5. The number of aromatic nitrogens is 1. The van der Waals surface area contributed by atoms with Crippen molar-refractivity contribution >= 4 is 34.6 Å². The van der Waals surface area contributed by atoms with Crippen molar-refractivity contribution in [3.63, 3.8) is 0 Å². The summed E-state index contributed by atoms with van der Waals surface area (Å²) >= 11 is 0. The third-order valence-electron chi connectivity index (χ3n) is 9.29. The van der Waals surface area contributed by atoms with Gasteiger partial charge in [0.25, 0.3) is 0 Å². The van der Waals surface area contributed by atoms with Gasteiger partial charge in [0.1, 0.15) is 0 Å². The number of hydrogen-bond donors (Lipinski definition) is 5. The molecule has 0 bridgehead atoms. The van der Waals surface area contributed by atoms with E-state index in [0.717, 1.165) is 37.1 Å². The molecule has 1 aliphatic heterocycles. The topological polar surface area (TPSA) is 138 Å². The van der Waals surface area contributed by atoms with Crippen molar-refractivity contribution < 1.29 is 15.0 Å². The molecule has 3 aromatic rings. The summed E-state index contributed by atoms with van der Waals surface area (Å²) in [6, 6.07) is 16.5. The van der Waals surface area contributed by atoms with Gasteiger partial charge in [0, 0.05) is 19.2 Å². The monoisotopic (exact) mass is 610 g/mol. The number of aliphatic carboxylic acids is 1. The first-order chi connectivity index (χ1) is 22.0. The molecule has 0 saturated heterocycles. The Bertz CT molecular complexity index is 1480. The zero-order valence-electron chi connectivity index (χ0n) is 26.2. The highest BCUT2D eigenvalue weighted by Gasteiger charge is 2.31. The number of carbonyl (C=O) groups is 1. The SMILES string of the molecule is NC1=NCCC(C(=CC(=O)O)C(CC2C=Cc3cc4ccccc4cc3C2CCCCCCCCCCO)[N-]c2ccc[nH]2)N1. The number of nitrogens with zero attached hydrogens (tertiary/aromatic N) is 2. The molecule has 1 aromatic heterocycles. The zero-order chi connectivity index (χ0) is 31.4. The number of guanidine groups is 1. The molecular weight excluding hydrogens is 562 g/mol. The van der Waals surface area contributed by atoms with Gasteiger partial charge in [-0.1, -0.05) is 112 Å². The molecule has 1 aliphatic carbocycles. The van der Waals surface area contributed by atoms with E-state index in [2.05, 4.69) is 63.8 Å². The number of rotatable bonds is 17. The van der Waals surface area contributed by atoms with Crippen LogP contribution in [0.5, 0.6) is 0 Å². The van der Waals surface area contributed by atoms with E-state index in [0.29, 0.717) is 37.9 Å². The van der Waals surface area contributed by atoms with Gasteiger partial charge in [-0.2, -0.15) is 0 Å². The second-order valence-corrected chi connectivity index (χ2v) is 12.5. The van der Waals surface area contributed by atoms with Gasteiger partial charge in [-0.15, -0.1) is 0 Å². The number of carboxylic acid groups (broad SMARTS) is 1. The highest BCUT2D eigenvalue weighted by Crippen LogP contribution is 2.44. The van der Waals surface area contributed by atoms with Crippen molar-refractivity contribution in [2.24, 2.45) is 16.6 Å². The van der Waals surface area contributed by atoms with Gasteiger partial charge in [0.2, 0.25) is 0 Å². The van der Waals surface area contributed by atoms with E-state index in [1.807, 2.05) is 18.3 Å². The molecule has 2 aliphatic rings. The van der Waals surface area contributed by atoms with Gasteiger partial charge >= 0.3 is 5.97 Å². The molecular formula is C37H48N5O3-. The Balaban J connectivity index is 1.39. The van der Waals surface area contributed by atoms with E-state index in [9.17, 15) is 9.90 Å². The van der Waals surface area contributed by atoms with Gasteiger partial charge in [-0.05, 0) is 77.1 Å². The fraction of sp³-hybridized carbons (Fsp3) is 0.459. The zero-order valence-corrected chi connectivity index (χ0v) is 26.2. The number of unbranched alkanes of at least 4 members (excludes halogenated alkanes) is 7. The predicted octanol–water partition coefficient (Wildman–Crippen LogP) is 7.55. The van der Waals surface area contributed by atoms with Crippen molar-refractivity contribution in [2.45, 2.75) is 88.6 Å². The van der Waals surface area contributed by atoms with Gasteiger partial charge in [0.05, 0.1) is 6.04 Å². The summed E-state index contributed by atoms with van der Waals surface area (Å²) in [5, 5.41) is 29.8. The van der Waals surface area contributed by atoms with Crippen LogP contribution >= 0.6 is 0 Å². The average Bonchev–Trinajstić information content (AvgIpc) is 3.55. The van der Waals surface area contributed by atoms with Crippen molar-refractivity contribution in [3.8, 4) is 0 Å². The third kappa shape index (κ3) is 9.01. The smallest absolute Gasteiger partial charge is 0.328 e. The molecule has 8 heteroatoms. The van der Waals surface area contributed by atoms with Crippen LogP contribution in [0.25, 0.3) is 22.2 Å². The summed E-state index contributed by atoms with van der Waals surface area (Å²) in [7, 11) is 0. The number of aliphatic hydroxyl groups is 1. The first kappa shape index (κ1) is 32.4. The summed E-state index contributed by atoms with van der Waals surface area (Å²) in [6.07, 6.45) is 19.4. The van der Waals surface area contributed by atoms with E-state index in [1.54, 1.807) is 0 Å². The van der Waals surface area contributed by atoms with Crippen LogP contribution in [-0.4, -0.2) is 52.4 Å². The summed E-state index contributed by atoms with van der Waals surface area (Å²) in [5.41, 5.74) is 9.44. The molecule has 2 heterocycles. The summed E-state index contributed by atoms with van der Waals surface area (Å²) in [5.74, 6) is 0.579. The van der Waals surface area contributed by atoms with Crippen LogP contribution in [0.1, 0.15) is 87.7 Å². The molecule has 0 saturated carbocycles. The highest BCUT2D eigenvalue weighted by molar-refractivity contribution is 5.87. The maximum atomic E-state index is 12.1. The fourth-order valence-corrected chi connectivity index (χ4v) is 7.00. The van der Waals surface area contributed by atoms with Gasteiger partial charge in [-0.3, -0.25) is 4.99 Å². The molecule has 45 heavy (non-hydrogen) atoms. The normalized spacial score (nSPS) is 20.3. The Hall–Kier alpha value is -4.04. The Kier molecular flexibility index (Phi) is 11.7. The third-order valence-corrected chi connectivity index (χ3v) is 9.29. The van der Waals surface area contributed by atoms with Crippen LogP contribution in [0.4, 0.5) is 5.82 Å². The number of nitrogens with two attached hydrogens (primary N) is 1. The number of fused-ring (bicyclic) bond motifs is 2. The van der Waals surface area contributed by atoms with Gasteiger partial charge in [0.15, 0.2) is 5.96 Å². The fourth-order valence-electron chi connectivity index (χ4n) is 7.00. The minimum atomic E-state index is -0.983. The first-order valence-electron chi connectivity index (χ1n) is 16.7. The number of aromatic amines is 1. The van der Waals surface area contributed by atoms with E-state index >= 15 is 0 Å². The van der Waals surface area contributed by atoms with E-state index < -0.39 is 5.97 Å². The molecule has 0 amide bonds. The van der Waals surface area contributed by atoms with Crippen molar-refractivity contribution in [1.82, 2.24) is 10.3 Å². The number of nitrogens with one attached hydrogen (secondary N) is 2. The average molecular weight is 611 g/mol. The molecule has 4 unspecified atom stereocenters. The molecule has 0 fully saturated rings. The summed E-state index contributed by atoms with van der Waals surface area (Å²) < 4.78 is 0. The second kappa shape index (κ2) is 16.3. The number of carboxylic acids is 1. The lowest BCUT2D eigenvalue weighted by molar-refractivity contribution is -0.131. The molecule has 0 radical (unpaired) electrons. The highest BCUT2D eigenvalue weighted by atomic mass is 16.4. The lowest BCUT2D eigenvalue weighted by atomic mass is 9.72. The lowest BCUT2D eigenvalue weighted by Crippen LogP contribution is -2.47. The van der Waals surface area contributed by atoms with Gasteiger partial charge in [-0.25, -0.2) is 4.79 Å². The molecule has 8 nitrogen and oxygen atoms in total. The lowest BCUT2D eigenvalue weighted by Gasteiger charge is -2.39. The van der Waals surface area contributed by atoms with Crippen LogP contribution < -0.4 is 11.1 Å². The minimum absolute atomic E-state index is 0.188. The maximum Gasteiger partial charge on any atom is 0.328 e. The number of aliphatic imine (C=N–C) groups is 1. The molecule has 6 N–H and O–H groups in total. The van der Waals surface area contributed by atoms with E-state index in [1.165, 1.54) is 60.1 Å². The van der Waals surface area contributed by atoms with Crippen LogP contribution in [0.2, 0.25) is 0 Å². The standard InChI is InChI=1S/C37H48N5O3/c38-37-40-20-18-33(42-37)32(25-36(44)45)34(41-35-15-11-19-39-35)24-29-17-16-28-22-26-12-8-9-13-27(26)23-31(28)30(29)14-7-5-3-1-2-4-6-10-21-43/h8-9,11-13,15-17,19,22-23,25,29-30,33-34,39,43H,1-7,10,14,18,20-21,24H2,(H,44,45)(H3,38,40,42)/q-1. The first-order valence-corrected chi connectivity index (χ1v) is 16.7. The molecule has 240 valence electrons. The molecule has 0 spiro atoms. The van der Waals surface area contributed by atoms with Gasteiger partial charge < -0.3 is 31.6 Å². The molecule has 4 atom stereocenters. The predicted molar refractivity (Wildman–Crippen MR) is 184 cm³/mol. The molecule has 5 rings (SSSR count). The van der Waals surface area contributed by atoms with Crippen LogP contribution in [0.15, 0.2) is 77.4 Å². The Morgan fingerprint density at radius 3 is 2.44 bits per heavy atom. The van der Waals surface area contributed by atoms with Crippen molar-refractivity contribution in [3.05, 3.63) is 88.9 Å². The Morgan fingerprint density at radius 2 is 1.76 bits per heavy atom. The number of H-pyrrole nitrogens is 1. The number of benzene rings is 2. The van der Waals surface area contributed by atoms with Crippen molar-refractivity contribution in [2.75, 3.05) is 13.2 Å². The van der Waals surface area contributed by atoms with Crippen LogP contribution in [0, 0.1) is 5.92 Å². The number of hydrogen-bond acceptors (Lipinski definition) is 5. The maximum absolute atomic E-state index is 12.1. The largest absolute Gasteiger partial charge is 0.478 e. The summed E-state index contributed by atoms with van der Waals surface area (Å²) in [4.78, 5) is 19.6. The van der Waals surface area contributed by atoms with Crippen LogP contribution in [0.3, 0.4) is 0 Å². The Morgan fingerprint density at radius 1 is 1.02 bits per heavy atom. The number of aliphatic hydroxyl groups excluding tert-OH is 1. The van der Waals surface area contributed by atoms with E-state index in [-0.39, 0.29) is 18.0 Å². The van der Waals surface area contributed by atoms with E-state index in [4.69, 9.17) is 16.2 Å². The Labute approximate surface area is 266 Å². The molecule has 2 aromatic carbocycles. The van der Waals surface area contributed by atoms with Crippen molar-refractivity contribution in [1.29, 1.82) is 0 Å². The minimum Gasteiger partial charge on any atom is -0.478 e. The number of allylic oxidation sites excluding steroid dienone is 1. The van der Waals surface area contributed by atoms with Crippen LogP contribution in [-0.2, 0) is 4.79 Å². The summed E-state index contributed by atoms with van der Waals surface area (Å²) in [6.45, 7) is 0.837. The quantitative estimate of drug-likeness (QED) is 0.0794.